The third-order valence-electron chi connectivity index (χ3n) is 5.87. The molecule has 0 bridgehead atoms. The highest BCUT2D eigenvalue weighted by Crippen LogP contribution is 2.69. The zero-order valence-corrected chi connectivity index (χ0v) is 15.3. The van der Waals surface area contributed by atoms with Crippen LogP contribution in [-0.4, -0.2) is 51.8 Å². The number of aliphatic carboxylic acids is 1. The molecule has 0 amide bonds. The second-order valence-electron chi connectivity index (χ2n) is 7.41. The normalized spacial score (nSPS) is 35.0. The number of hydrogen-bond acceptors (Lipinski definition) is 4. The van der Waals surface area contributed by atoms with Gasteiger partial charge in [0.2, 0.25) is 7.37 Å². The van der Waals surface area contributed by atoms with Crippen molar-refractivity contribution in [2.24, 2.45) is 17.6 Å². The van der Waals surface area contributed by atoms with Gasteiger partial charge in [0.05, 0.1) is 0 Å². The molecule has 3 rings (SSSR count). The van der Waals surface area contributed by atoms with Crippen molar-refractivity contribution < 1.29 is 19.4 Å². The Kier molecular flexibility index (Phi) is 5.35. The molecular formula is C18H27N2O4P. The predicted octanol–water partition coefficient (Wildman–Crippen LogP) is 1.97. The maximum absolute atomic E-state index is 12.9. The second kappa shape index (κ2) is 7.20. The van der Waals surface area contributed by atoms with Crippen molar-refractivity contribution in [1.29, 1.82) is 0 Å². The average Bonchev–Trinajstić information content (AvgIpc) is 3.02. The molecule has 1 unspecified atom stereocenters. The number of hydrogen-bond donors (Lipinski definition) is 3. The summed E-state index contributed by atoms with van der Waals surface area (Å²) in [6, 6.07) is 10.1. The predicted molar refractivity (Wildman–Crippen MR) is 96.7 cm³/mol. The van der Waals surface area contributed by atoms with Crippen LogP contribution in [0.4, 0.5) is 0 Å². The van der Waals surface area contributed by atoms with Crippen LogP contribution in [0, 0.1) is 11.8 Å². The first-order chi connectivity index (χ1) is 11.9. The minimum Gasteiger partial charge on any atom is -0.480 e. The van der Waals surface area contributed by atoms with Gasteiger partial charge in [-0.25, -0.2) is 0 Å². The van der Waals surface area contributed by atoms with E-state index in [1.165, 1.54) is 5.56 Å². The number of fused-ring (bicyclic) bond motifs is 1. The van der Waals surface area contributed by atoms with Crippen LogP contribution in [0.5, 0.6) is 0 Å². The van der Waals surface area contributed by atoms with Gasteiger partial charge in [-0.15, -0.1) is 0 Å². The van der Waals surface area contributed by atoms with E-state index in [0.717, 1.165) is 6.54 Å². The molecular weight excluding hydrogens is 339 g/mol. The molecule has 138 valence electrons. The number of likely N-dealkylation sites (tertiary alicyclic amines) is 1. The molecule has 7 heteroatoms. The number of nitrogens with zero attached hydrogens (tertiary/aromatic N) is 1. The molecule has 4 atom stereocenters. The Morgan fingerprint density at radius 1 is 1.28 bits per heavy atom. The second-order valence-corrected chi connectivity index (χ2v) is 9.97. The van der Waals surface area contributed by atoms with Crippen LogP contribution >= 0.6 is 7.37 Å². The van der Waals surface area contributed by atoms with Crippen LogP contribution in [-0.2, 0) is 15.9 Å². The number of carbonyl (C=O) groups is 1. The molecule has 1 aromatic carbocycles. The monoisotopic (exact) mass is 366 g/mol. The first-order valence-electron chi connectivity index (χ1n) is 8.92. The van der Waals surface area contributed by atoms with E-state index in [0.29, 0.717) is 32.5 Å². The van der Waals surface area contributed by atoms with Gasteiger partial charge in [0.25, 0.3) is 0 Å². The minimum absolute atomic E-state index is 0.0199. The zero-order chi connectivity index (χ0) is 18.1. The number of carboxylic acid groups (broad SMARTS) is 1. The summed E-state index contributed by atoms with van der Waals surface area (Å²) in [5.41, 5.74) is 6.71. The molecule has 0 aliphatic carbocycles. The van der Waals surface area contributed by atoms with Crippen molar-refractivity contribution in [2.45, 2.75) is 31.0 Å². The number of carboxylic acids is 1. The summed E-state index contributed by atoms with van der Waals surface area (Å²) in [4.78, 5) is 25.0. The summed E-state index contributed by atoms with van der Waals surface area (Å²) >= 11 is 0. The lowest BCUT2D eigenvalue weighted by Gasteiger charge is -2.33. The number of benzene rings is 1. The Morgan fingerprint density at radius 2 is 2.00 bits per heavy atom. The van der Waals surface area contributed by atoms with E-state index >= 15 is 0 Å². The molecule has 2 fully saturated rings. The Labute approximate surface area is 148 Å². The molecule has 6 nitrogen and oxygen atoms in total. The van der Waals surface area contributed by atoms with E-state index in [4.69, 9.17) is 5.73 Å². The van der Waals surface area contributed by atoms with Crippen molar-refractivity contribution >= 4 is 13.3 Å². The van der Waals surface area contributed by atoms with Gasteiger partial charge in [-0.1, -0.05) is 36.8 Å². The Bertz CT molecular complexity index is 668. The van der Waals surface area contributed by atoms with Crippen molar-refractivity contribution in [3.8, 4) is 0 Å². The fraction of sp³-hybridized carbons (Fsp3) is 0.611. The topological polar surface area (TPSA) is 104 Å². The number of rotatable bonds is 7. The number of unbranched alkanes of at least 4 members (excludes halogenated alkanes) is 1. The van der Waals surface area contributed by atoms with Gasteiger partial charge in [0.1, 0.15) is 5.16 Å². The zero-order valence-electron chi connectivity index (χ0n) is 14.4. The van der Waals surface area contributed by atoms with Gasteiger partial charge in [-0.2, -0.15) is 0 Å². The van der Waals surface area contributed by atoms with E-state index in [9.17, 15) is 19.4 Å². The highest BCUT2D eigenvalue weighted by atomic mass is 31.2. The highest BCUT2D eigenvalue weighted by Gasteiger charge is 2.67. The third-order valence-corrected chi connectivity index (χ3v) is 8.82. The molecule has 0 radical (unpaired) electrons. The summed E-state index contributed by atoms with van der Waals surface area (Å²) in [7, 11) is -3.73. The summed E-state index contributed by atoms with van der Waals surface area (Å²) < 4.78 is 12.9. The van der Waals surface area contributed by atoms with E-state index in [1.54, 1.807) is 0 Å². The average molecular weight is 366 g/mol. The molecule has 4 N–H and O–H groups in total. The van der Waals surface area contributed by atoms with Crippen LogP contribution in [0.2, 0.25) is 0 Å². The van der Waals surface area contributed by atoms with Gasteiger partial charge < -0.3 is 15.7 Å². The molecule has 1 aromatic rings. The molecule has 2 heterocycles. The van der Waals surface area contributed by atoms with E-state index < -0.39 is 18.5 Å². The maximum Gasteiger partial charge on any atom is 0.319 e. The van der Waals surface area contributed by atoms with Gasteiger partial charge >= 0.3 is 5.97 Å². The fourth-order valence-corrected chi connectivity index (χ4v) is 7.66. The molecule has 2 aliphatic heterocycles. The van der Waals surface area contributed by atoms with Crippen molar-refractivity contribution in [1.82, 2.24) is 4.90 Å². The Balaban J connectivity index is 1.80. The van der Waals surface area contributed by atoms with E-state index in [1.807, 2.05) is 18.2 Å². The molecule has 25 heavy (non-hydrogen) atoms. The fourth-order valence-electron chi connectivity index (χ4n) is 4.71. The number of nitrogens with two attached hydrogens (primary N) is 1. The third kappa shape index (κ3) is 3.28. The molecule has 2 saturated heterocycles. The van der Waals surface area contributed by atoms with Crippen LogP contribution < -0.4 is 5.73 Å². The van der Waals surface area contributed by atoms with Crippen molar-refractivity contribution in [3.63, 3.8) is 0 Å². The Morgan fingerprint density at radius 3 is 2.64 bits per heavy atom. The lowest BCUT2D eigenvalue weighted by atomic mass is 9.81. The van der Waals surface area contributed by atoms with Crippen LogP contribution in [0.15, 0.2) is 30.3 Å². The molecule has 0 saturated carbocycles. The highest BCUT2D eigenvalue weighted by molar-refractivity contribution is 7.61. The van der Waals surface area contributed by atoms with Crippen molar-refractivity contribution in [3.05, 3.63) is 35.9 Å². The first kappa shape index (κ1) is 18.6. The summed E-state index contributed by atoms with van der Waals surface area (Å²) in [5.74, 6) is -1.39. The van der Waals surface area contributed by atoms with Gasteiger partial charge in [0.15, 0.2) is 0 Å². The standard InChI is InChI=1S/C18H27N2O4P/c19-9-5-4-8-18(17(21)22)16-12-20(10-14-6-2-1-3-7-14)11-15(16)13-25(18,23)24/h1-3,6-7,15-16H,4-5,8-13,19H2,(H,21,22)(H,23,24)/t15-,16-,18+/m0/s1. The summed E-state index contributed by atoms with van der Waals surface area (Å²) in [6.45, 7) is 2.48. The lowest BCUT2D eigenvalue weighted by Crippen LogP contribution is -2.44. The smallest absolute Gasteiger partial charge is 0.319 e. The van der Waals surface area contributed by atoms with Gasteiger partial charge in [-0.3, -0.25) is 14.3 Å². The van der Waals surface area contributed by atoms with Crippen molar-refractivity contribution in [2.75, 3.05) is 25.8 Å². The molecule has 0 aromatic heterocycles. The van der Waals surface area contributed by atoms with Crippen LogP contribution in [0.25, 0.3) is 0 Å². The van der Waals surface area contributed by atoms with E-state index in [2.05, 4.69) is 17.0 Å². The largest absolute Gasteiger partial charge is 0.480 e. The summed E-state index contributed by atoms with van der Waals surface area (Å²) in [5, 5.41) is 8.44. The minimum atomic E-state index is -3.73. The van der Waals surface area contributed by atoms with Crippen LogP contribution in [0.3, 0.4) is 0 Å². The molecule has 2 aliphatic rings. The van der Waals surface area contributed by atoms with Gasteiger partial charge in [0, 0.05) is 31.7 Å². The first-order valence-corrected chi connectivity index (χ1v) is 10.8. The molecule has 0 spiro atoms. The quantitative estimate of drug-likeness (QED) is 0.503. The van der Waals surface area contributed by atoms with Gasteiger partial charge in [-0.05, 0) is 30.9 Å². The maximum atomic E-state index is 12.9. The summed E-state index contributed by atoms with van der Waals surface area (Å²) in [6.07, 6.45) is 1.63. The lowest BCUT2D eigenvalue weighted by molar-refractivity contribution is -0.142. The van der Waals surface area contributed by atoms with E-state index in [-0.39, 0.29) is 24.4 Å². The SMILES string of the molecule is NCCCC[C@]1(C(=O)O)[C@H]2CN(Cc3ccccc3)C[C@H]2CP1(=O)O. The van der Waals surface area contributed by atoms with Crippen LogP contribution in [0.1, 0.15) is 24.8 Å². The Hall–Kier alpha value is -1.20.